The van der Waals surface area contributed by atoms with Crippen LogP contribution in [0.5, 0.6) is 0 Å². The molecule has 0 aromatic heterocycles. The predicted octanol–water partition coefficient (Wildman–Crippen LogP) is 1.70. The van der Waals surface area contributed by atoms with Crippen LogP contribution in [0.1, 0.15) is 27.7 Å². The molecule has 4 heteroatoms. The zero-order chi connectivity index (χ0) is 11.0. The lowest BCUT2D eigenvalue weighted by Crippen LogP contribution is -2.41. The normalized spacial score (nSPS) is 14.3. The molecule has 0 aliphatic heterocycles. The Kier molecular flexibility index (Phi) is 7.76. The van der Waals surface area contributed by atoms with E-state index in [1.165, 1.54) is 0 Å². The molecule has 0 aromatic rings. The van der Waals surface area contributed by atoms with E-state index in [-0.39, 0.29) is 0 Å². The number of aliphatic imine (C=N–C) groups is 1. The van der Waals surface area contributed by atoms with Crippen LogP contribution in [0.25, 0.3) is 0 Å². The highest BCUT2D eigenvalue weighted by atomic mass is 32.2. The molecule has 0 spiro atoms. The van der Waals surface area contributed by atoms with Crippen molar-refractivity contribution in [3.63, 3.8) is 0 Å². The third kappa shape index (κ3) is 7.06. The fraction of sp³-hybridized carbons (Fsp3) is 0.900. The van der Waals surface area contributed by atoms with Crippen molar-refractivity contribution >= 4 is 17.7 Å². The molecule has 1 unspecified atom stereocenters. The van der Waals surface area contributed by atoms with Gasteiger partial charge in [-0.15, -0.1) is 0 Å². The van der Waals surface area contributed by atoms with E-state index in [9.17, 15) is 0 Å². The third-order valence-electron chi connectivity index (χ3n) is 1.68. The smallest absolute Gasteiger partial charge is 0.191 e. The Bertz CT molecular complexity index is 169. The Morgan fingerprint density at radius 2 is 2.00 bits per heavy atom. The minimum Gasteiger partial charge on any atom is -0.357 e. The zero-order valence-electron chi connectivity index (χ0n) is 9.92. The minimum absolute atomic E-state index is 0.428. The van der Waals surface area contributed by atoms with Gasteiger partial charge in [0.25, 0.3) is 0 Å². The van der Waals surface area contributed by atoms with Gasteiger partial charge in [-0.25, -0.2) is 0 Å². The molecule has 14 heavy (non-hydrogen) atoms. The highest BCUT2D eigenvalue weighted by Crippen LogP contribution is 2.04. The first kappa shape index (κ1) is 13.6. The van der Waals surface area contributed by atoms with Crippen LogP contribution >= 0.6 is 11.8 Å². The summed E-state index contributed by atoms with van der Waals surface area (Å²) < 4.78 is 0. The number of nitrogens with one attached hydrogen (secondary N) is 2. The molecule has 2 N–H and O–H groups in total. The lowest BCUT2D eigenvalue weighted by molar-refractivity contribution is 0.700. The molecule has 0 amide bonds. The maximum absolute atomic E-state index is 4.50. The largest absolute Gasteiger partial charge is 0.357 e. The molecule has 84 valence electrons. The quantitative estimate of drug-likeness (QED) is 0.543. The van der Waals surface area contributed by atoms with Crippen molar-refractivity contribution in [3.8, 4) is 0 Å². The summed E-state index contributed by atoms with van der Waals surface area (Å²) in [6.45, 7) is 10.3. The molecule has 0 rings (SSSR count). The summed E-state index contributed by atoms with van der Waals surface area (Å²) in [5, 5.41) is 7.09. The van der Waals surface area contributed by atoms with Gasteiger partial charge in [0, 0.05) is 17.8 Å². The molecule has 0 aliphatic rings. The topological polar surface area (TPSA) is 36.4 Å². The number of hydrogen-bond donors (Lipinski definition) is 2. The van der Waals surface area contributed by atoms with Crippen LogP contribution in [0.2, 0.25) is 0 Å². The second-order valence-electron chi connectivity index (χ2n) is 3.56. The molecule has 0 aromatic carbocycles. The number of nitrogens with zero attached hydrogens (tertiary/aromatic N) is 1. The third-order valence-corrected chi connectivity index (χ3v) is 2.63. The molecule has 0 bridgehead atoms. The highest BCUT2D eigenvalue weighted by Gasteiger charge is 2.01. The van der Waals surface area contributed by atoms with E-state index in [4.69, 9.17) is 0 Å². The van der Waals surface area contributed by atoms with Crippen LogP contribution in [0, 0.1) is 0 Å². The minimum atomic E-state index is 0.428. The van der Waals surface area contributed by atoms with Crippen molar-refractivity contribution in [1.82, 2.24) is 10.6 Å². The van der Waals surface area contributed by atoms with Crippen LogP contribution < -0.4 is 10.6 Å². The zero-order valence-corrected chi connectivity index (χ0v) is 10.7. The van der Waals surface area contributed by atoms with Gasteiger partial charge in [-0.2, -0.15) is 11.8 Å². The van der Waals surface area contributed by atoms with Crippen LogP contribution in [0.4, 0.5) is 0 Å². The molecule has 0 heterocycles. The number of rotatable bonds is 5. The summed E-state index contributed by atoms with van der Waals surface area (Å²) in [7, 11) is 0. The van der Waals surface area contributed by atoms with Crippen molar-refractivity contribution in [3.05, 3.63) is 0 Å². The van der Waals surface area contributed by atoms with E-state index in [0.29, 0.717) is 11.3 Å². The maximum atomic E-state index is 4.50. The molecule has 3 nitrogen and oxygen atoms in total. The monoisotopic (exact) mass is 217 g/mol. The van der Waals surface area contributed by atoms with Gasteiger partial charge in [-0.3, -0.25) is 4.99 Å². The maximum Gasteiger partial charge on any atom is 0.191 e. The van der Waals surface area contributed by atoms with Crippen LogP contribution in [0.3, 0.4) is 0 Å². The first-order valence-corrected chi connectivity index (χ1v) is 6.46. The first-order valence-electron chi connectivity index (χ1n) is 5.17. The molecule has 0 saturated carbocycles. The van der Waals surface area contributed by atoms with Crippen molar-refractivity contribution in [1.29, 1.82) is 0 Å². The van der Waals surface area contributed by atoms with E-state index in [1.54, 1.807) is 0 Å². The van der Waals surface area contributed by atoms with Crippen molar-refractivity contribution in [2.45, 2.75) is 39.0 Å². The van der Waals surface area contributed by atoms with Gasteiger partial charge >= 0.3 is 0 Å². The van der Waals surface area contributed by atoms with Crippen molar-refractivity contribution < 1.29 is 0 Å². The lowest BCUT2D eigenvalue weighted by Gasteiger charge is -2.14. The van der Waals surface area contributed by atoms with Crippen molar-refractivity contribution in [2.24, 2.45) is 4.99 Å². The van der Waals surface area contributed by atoms with E-state index in [0.717, 1.165) is 19.0 Å². The summed E-state index contributed by atoms with van der Waals surface area (Å²) in [5.41, 5.74) is 0. The number of guanidine groups is 1. The van der Waals surface area contributed by atoms with Gasteiger partial charge in [-0.1, -0.05) is 6.92 Å². The summed E-state index contributed by atoms with van der Waals surface area (Å²) in [5.74, 6) is 0.920. The summed E-state index contributed by atoms with van der Waals surface area (Å²) in [6.07, 6.45) is 2.11. The Labute approximate surface area is 92.1 Å². The molecular formula is C10H23N3S. The van der Waals surface area contributed by atoms with Gasteiger partial charge in [0.15, 0.2) is 5.96 Å². The number of hydrogen-bond acceptors (Lipinski definition) is 2. The molecule has 1 atom stereocenters. The summed E-state index contributed by atoms with van der Waals surface area (Å²) >= 11 is 1.84. The predicted molar refractivity (Wildman–Crippen MR) is 67.2 cm³/mol. The van der Waals surface area contributed by atoms with E-state index in [1.807, 2.05) is 11.8 Å². The Hall–Kier alpha value is -0.380. The highest BCUT2D eigenvalue weighted by molar-refractivity contribution is 7.99. The fourth-order valence-electron chi connectivity index (χ4n) is 0.888. The Balaban J connectivity index is 4.03. The van der Waals surface area contributed by atoms with Gasteiger partial charge in [0.2, 0.25) is 0 Å². The fourth-order valence-corrected chi connectivity index (χ4v) is 1.11. The van der Waals surface area contributed by atoms with Crippen LogP contribution in [0.15, 0.2) is 4.99 Å². The van der Waals surface area contributed by atoms with E-state index in [2.05, 4.69) is 49.6 Å². The molecule has 0 saturated heterocycles. The van der Waals surface area contributed by atoms with Gasteiger partial charge in [0.05, 0.1) is 6.54 Å². The molecule has 0 fully saturated rings. The Morgan fingerprint density at radius 1 is 1.36 bits per heavy atom. The molecule has 0 radical (unpaired) electrons. The average Bonchev–Trinajstić information content (AvgIpc) is 2.13. The standard InChI is InChI=1S/C10H23N3S/c1-6-11-10(13-8(2)3)12-7-9(4)14-5/h8-9H,6-7H2,1-5H3,(H2,11,12,13). The van der Waals surface area contributed by atoms with Gasteiger partial charge in [0.1, 0.15) is 0 Å². The SMILES string of the molecule is CCNC(=NCC(C)SC)NC(C)C. The van der Waals surface area contributed by atoms with Gasteiger partial charge in [-0.05, 0) is 27.0 Å². The lowest BCUT2D eigenvalue weighted by atomic mass is 10.4. The molecular weight excluding hydrogens is 194 g/mol. The average molecular weight is 217 g/mol. The summed E-state index contributed by atoms with van der Waals surface area (Å²) in [4.78, 5) is 4.50. The van der Waals surface area contributed by atoms with Crippen LogP contribution in [-0.4, -0.2) is 36.6 Å². The second-order valence-corrected chi connectivity index (χ2v) is 4.84. The first-order chi connectivity index (χ1) is 6.60. The Morgan fingerprint density at radius 3 is 2.43 bits per heavy atom. The van der Waals surface area contributed by atoms with Gasteiger partial charge < -0.3 is 10.6 Å². The second kappa shape index (κ2) is 7.97. The summed E-state index contributed by atoms with van der Waals surface area (Å²) in [6, 6.07) is 0.428. The van der Waals surface area contributed by atoms with Crippen LogP contribution in [-0.2, 0) is 0 Å². The number of thioether (sulfide) groups is 1. The van der Waals surface area contributed by atoms with E-state index < -0.39 is 0 Å². The van der Waals surface area contributed by atoms with Crippen molar-refractivity contribution in [2.75, 3.05) is 19.3 Å². The van der Waals surface area contributed by atoms with E-state index >= 15 is 0 Å². The molecule has 0 aliphatic carbocycles.